The summed E-state index contributed by atoms with van der Waals surface area (Å²) in [6.45, 7) is 1.13. The number of aromatic nitrogens is 2. The van der Waals surface area contributed by atoms with Crippen molar-refractivity contribution in [3.05, 3.63) is 45.6 Å². The van der Waals surface area contributed by atoms with Crippen LogP contribution in [-0.2, 0) is 0 Å². The predicted molar refractivity (Wildman–Crippen MR) is 80.0 cm³/mol. The van der Waals surface area contributed by atoms with Crippen molar-refractivity contribution in [2.24, 2.45) is 0 Å². The molecule has 0 radical (unpaired) electrons. The number of amides is 1. The van der Waals surface area contributed by atoms with Crippen molar-refractivity contribution >= 4 is 28.8 Å². The van der Waals surface area contributed by atoms with Crippen LogP contribution in [0.4, 0.5) is 0 Å². The highest BCUT2D eigenvalue weighted by Gasteiger charge is 2.36. The molecule has 3 aromatic rings. The predicted octanol–water partition coefficient (Wildman–Crippen LogP) is 3.28. The fourth-order valence-electron chi connectivity index (χ4n) is 2.29. The number of rotatable bonds is 3. The molecule has 1 fully saturated rings. The first-order valence-electron chi connectivity index (χ1n) is 6.63. The molecule has 1 saturated heterocycles. The smallest absolute Gasteiger partial charge is 0.264 e. The summed E-state index contributed by atoms with van der Waals surface area (Å²) in [5.41, 5.74) is 0. The zero-order valence-electron chi connectivity index (χ0n) is 11.2. The molecule has 1 aliphatic heterocycles. The van der Waals surface area contributed by atoms with Gasteiger partial charge in [-0.3, -0.25) is 4.79 Å². The van der Waals surface area contributed by atoms with Crippen molar-refractivity contribution in [1.82, 2.24) is 15.0 Å². The third-order valence-corrected chi connectivity index (χ3v) is 4.70. The van der Waals surface area contributed by atoms with Gasteiger partial charge in [0.15, 0.2) is 5.76 Å². The highest BCUT2D eigenvalue weighted by molar-refractivity contribution is 7.17. The van der Waals surface area contributed by atoms with Crippen molar-refractivity contribution in [2.75, 3.05) is 13.1 Å². The van der Waals surface area contributed by atoms with Gasteiger partial charge in [0.05, 0.1) is 21.4 Å². The van der Waals surface area contributed by atoms with Gasteiger partial charge in [0.2, 0.25) is 11.7 Å². The molecule has 0 aliphatic carbocycles. The molecule has 6 nitrogen and oxygen atoms in total. The first-order chi connectivity index (χ1) is 10.7. The molecule has 0 saturated carbocycles. The van der Waals surface area contributed by atoms with E-state index in [0.717, 1.165) is 0 Å². The van der Waals surface area contributed by atoms with E-state index in [9.17, 15) is 4.79 Å². The van der Waals surface area contributed by atoms with Crippen molar-refractivity contribution in [1.29, 1.82) is 0 Å². The Kier molecular flexibility index (Phi) is 3.24. The Hall–Kier alpha value is -2.12. The van der Waals surface area contributed by atoms with Crippen molar-refractivity contribution in [3.63, 3.8) is 0 Å². The maximum atomic E-state index is 12.2. The molecule has 4 heterocycles. The van der Waals surface area contributed by atoms with Crippen LogP contribution >= 0.6 is 22.9 Å². The highest BCUT2D eigenvalue weighted by atomic mass is 35.5. The van der Waals surface area contributed by atoms with E-state index in [2.05, 4.69) is 10.1 Å². The SMILES string of the molecule is O=C(c1ccc(Cl)s1)N1CC(c2nc(-c3ccco3)no2)C1. The summed E-state index contributed by atoms with van der Waals surface area (Å²) in [4.78, 5) is 18.9. The molecule has 0 aromatic carbocycles. The number of hydrogen-bond acceptors (Lipinski definition) is 6. The van der Waals surface area contributed by atoms with Crippen LogP contribution in [0.1, 0.15) is 21.5 Å². The molecule has 22 heavy (non-hydrogen) atoms. The van der Waals surface area contributed by atoms with Gasteiger partial charge in [-0.25, -0.2) is 0 Å². The average molecular weight is 336 g/mol. The van der Waals surface area contributed by atoms with Gasteiger partial charge in [-0.2, -0.15) is 4.98 Å². The number of thiophene rings is 1. The van der Waals surface area contributed by atoms with Crippen LogP contribution in [0.25, 0.3) is 11.6 Å². The Morgan fingerprint density at radius 1 is 1.36 bits per heavy atom. The third kappa shape index (κ3) is 2.32. The van der Waals surface area contributed by atoms with Crippen LogP contribution in [-0.4, -0.2) is 34.0 Å². The number of nitrogens with zero attached hydrogens (tertiary/aromatic N) is 3. The van der Waals surface area contributed by atoms with E-state index in [-0.39, 0.29) is 11.8 Å². The summed E-state index contributed by atoms with van der Waals surface area (Å²) in [6, 6.07) is 7.00. The molecule has 0 N–H and O–H groups in total. The number of furan rings is 1. The van der Waals surface area contributed by atoms with Crippen LogP contribution in [0.5, 0.6) is 0 Å². The third-order valence-electron chi connectivity index (χ3n) is 3.49. The van der Waals surface area contributed by atoms with Gasteiger partial charge < -0.3 is 13.8 Å². The second-order valence-electron chi connectivity index (χ2n) is 4.94. The maximum Gasteiger partial charge on any atom is 0.264 e. The summed E-state index contributed by atoms with van der Waals surface area (Å²) in [5.74, 6) is 1.57. The molecule has 0 spiro atoms. The summed E-state index contributed by atoms with van der Waals surface area (Å²) < 4.78 is 11.1. The van der Waals surface area contributed by atoms with E-state index in [1.54, 1.807) is 35.4 Å². The van der Waals surface area contributed by atoms with Crippen LogP contribution in [0.3, 0.4) is 0 Å². The first-order valence-corrected chi connectivity index (χ1v) is 7.82. The lowest BCUT2D eigenvalue weighted by molar-refractivity contribution is 0.0574. The van der Waals surface area contributed by atoms with E-state index < -0.39 is 0 Å². The number of carbonyl (C=O) groups excluding carboxylic acids is 1. The van der Waals surface area contributed by atoms with Gasteiger partial charge in [0.1, 0.15) is 0 Å². The highest BCUT2D eigenvalue weighted by Crippen LogP contribution is 2.31. The van der Waals surface area contributed by atoms with Crippen LogP contribution < -0.4 is 0 Å². The molecule has 8 heteroatoms. The maximum absolute atomic E-state index is 12.2. The second kappa shape index (κ2) is 5.26. The minimum atomic E-state index is -0.0149. The number of carbonyl (C=O) groups is 1. The molecule has 3 aromatic heterocycles. The Bertz CT molecular complexity index is 805. The summed E-state index contributed by atoms with van der Waals surface area (Å²) >= 11 is 7.14. The Labute approximate surface area is 134 Å². The van der Waals surface area contributed by atoms with E-state index in [1.807, 2.05) is 0 Å². The molecular weight excluding hydrogens is 326 g/mol. The zero-order valence-corrected chi connectivity index (χ0v) is 12.8. The Morgan fingerprint density at radius 2 is 2.23 bits per heavy atom. The fourth-order valence-corrected chi connectivity index (χ4v) is 3.30. The van der Waals surface area contributed by atoms with Gasteiger partial charge in [0, 0.05) is 13.1 Å². The van der Waals surface area contributed by atoms with Crippen LogP contribution in [0, 0.1) is 0 Å². The molecule has 1 aliphatic rings. The molecular formula is C14H10ClN3O3S. The summed E-state index contributed by atoms with van der Waals surface area (Å²) in [5, 5.41) is 3.89. The van der Waals surface area contributed by atoms with Crippen LogP contribution in [0.2, 0.25) is 4.34 Å². The van der Waals surface area contributed by atoms with Crippen molar-refractivity contribution < 1.29 is 13.7 Å². The lowest BCUT2D eigenvalue weighted by Crippen LogP contribution is -2.48. The molecule has 4 rings (SSSR count). The number of halogens is 1. The molecule has 0 unspecified atom stereocenters. The minimum absolute atomic E-state index is 0.0149. The van der Waals surface area contributed by atoms with Gasteiger partial charge in [-0.05, 0) is 24.3 Å². The largest absolute Gasteiger partial charge is 0.461 e. The van der Waals surface area contributed by atoms with E-state index in [0.29, 0.717) is 39.8 Å². The van der Waals surface area contributed by atoms with E-state index in [4.69, 9.17) is 20.5 Å². The number of hydrogen-bond donors (Lipinski definition) is 0. The minimum Gasteiger partial charge on any atom is -0.461 e. The van der Waals surface area contributed by atoms with Gasteiger partial charge >= 0.3 is 0 Å². The Morgan fingerprint density at radius 3 is 2.91 bits per heavy atom. The molecule has 0 bridgehead atoms. The quantitative estimate of drug-likeness (QED) is 0.734. The molecule has 112 valence electrons. The first kappa shape index (κ1) is 13.5. The Balaban J connectivity index is 1.42. The van der Waals surface area contributed by atoms with Gasteiger partial charge in [-0.1, -0.05) is 16.8 Å². The lowest BCUT2D eigenvalue weighted by atomic mass is 10.00. The topological polar surface area (TPSA) is 72.4 Å². The molecule has 0 atom stereocenters. The van der Waals surface area contributed by atoms with Gasteiger partial charge in [-0.15, -0.1) is 11.3 Å². The average Bonchev–Trinajstić information content (AvgIpc) is 3.17. The van der Waals surface area contributed by atoms with E-state index >= 15 is 0 Å². The molecule has 1 amide bonds. The fraction of sp³-hybridized carbons (Fsp3) is 0.214. The summed E-state index contributed by atoms with van der Waals surface area (Å²) in [7, 11) is 0. The summed E-state index contributed by atoms with van der Waals surface area (Å²) in [6.07, 6.45) is 1.56. The normalized spacial score (nSPS) is 15.0. The number of likely N-dealkylation sites (tertiary alicyclic amines) is 1. The van der Waals surface area contributed by atoms with Gasteiger partial charge in [0.25, 0.3) is 5.91 Å². The lowest BCUT2D eigenvalue weighted by Gasteiger charge is -2.36. The monoisotopic (exact) mass is 335 g/mol. The van der Waals surface area contributed by atoms with Crippen LogP contribution in [0.15, 0.2) is 39.5 Å². The van der Waals surface area contributed by atoms with Crippen molar-refractivity contribution in [2.45, 2.75) is 5.92 Å². The second-order valence-corrected chi connectivity index (χ2v) is 6.66. The van der Waals surface area contributed by atoms with E-state index in [1.165, 1.54) is 11.3 Å². The zero-order chi connectivity index (χ0) is 15.1. The standard InChI is InChI=1S/C14H10ClN3O3S/c15-11-4-3-10(22-11)14(19)18-6-8(7-18)13-16-12(17-21-13)9-2-1-5-20-9/h1-5,8H,6-7H2. The van der Waals surface area contributed by atoms with Crippen molar-refractivity contribution in [3.8, 4) is 11.6 Å².